The van der Waals surface area contributed by atoms with E-state index in [-0.39, 0.29) is 13.0 Å². The van der Waals surface area contributed by atoms with E-state index in [0.29, 0.717) is 16.8 Å². The molecule has 0 saturated heterocycles. The van der Waals surface area contributed by atoms with Crippen LogP contribution < -0.4 is 5.32 Å². The number of aliphatic hydroxyl groups is 1. The van der Waals surface area contributed by atoms with Crippen LogP contribution >= 0.6 is 0 Å². The van der Waals surface area contributed by atoms with E-state index >= 15 is 0 Å². The van der Waals surface area contributed by atoms with Crippen molar-refractivity contribution in [3.8, 4) is 11.8 Å². The lowest BCUT2D eigenvalue weighted by Crippen LogP contribution is -2.46. The predicted molar refractivity (Wildman–Crippen MR) is 109 cm³/mol. The van der Waals surface area contributed by atoms with Crippen molar-refractivity contribution < 1.29 is 29.3 Å². The number of nitrogens with one attached hydrogen (secondary N) is 1. The van der Waals surface area contributed by atoms with Crippen LogP contribution in [0.15, 0.2) is 48.5 Å². The number of hydrogen-bond donors (Lipinski definition) is 3. The number of carbonyl (C=O) groups excluding carboxylic acids is 2. The summed E-state index contributed by atoms with van der Waals surface area (Å²) in [6, 6.07) is 13.9. The van der Waals surface area contributed by atoms with Gasteiger partial charge in [0.25, 0.3) is 5.91 Å². The summed E-state index contributed by atoms with van der Waals surface area (Å²) in [6.45, 7) is 3.77. The molecule has 0 aromatic heterocycles. The number of carboxylic acid groups (broad SMARTS) is 1. The van der Waals surface area contributed by atoms with Gasteiger partial charge in [0, 0.05) is 23.6 Å². The smallest absolute Gasteiger partial charge is 0.382 e. The number of amides is 1. The average molecular weight is 407 g/mol. The Hall–Kier alpha value is -3.63. The minimum Gasteiger partial charge on any atom is -0.472 e. The number of benzene rings is 2. The number of carboxylic acids is 1. The zero-order valence-electron chi connectivity index (χ0n) is 16.6. The second kappa shape index (κ2) is 8.01. The second-order valence-corrected chi connectivity index (χ2v) is 7.74. The molecular formula is C23H21NO6. The topological polar surface area (TPSA) is 113 Å². The summed E-state index contributed by atoms with van der Waals surface area (Å²) in [5, 5.41) is 22.6. The highest BCUT2D eigenvalue weighted by Gasteiger charge is 2.41. The normalized spacial score (nSPS) is 14.6. The molecule has 0 saturated carbocycles. The number of hydrogen-bond acceptors (Lipinski definition) is 5. The highest BCUT2D eigenvalue weighted by atomic mass is 16.5. The van der Waals surface area contributed by atoms with Crippen molar-refractivity contribution in [1.82, 2.24) is 0 Å². The predicted octanol–water partition coefficient (Wildman–Crippen LogP) is 2.48. The number of fused-ring (bicyclic) bond motifs is 1. The summed E-state index contributed by atoms with van der Waals surface area (Å²) in [5.74, 6) is 1.34. The van der Waals surface area contributed by atoms with E-state index in [0.717, 1.165) is 5.56 Å². The number of anilines is 1. The third-order valence-electron chi connectivity index (χ3n) is 4.95. The van der Waals surface area contributed by atoms with Gasteiger partial charge in [0.2, 0.25) is 5.60 Å². The van der Waals surface area contributed by atoms with E-state index < -0.39 is 28.9 Å². The van der Waals surface area contributed by atoms with Crippen LogP contribution in [0.25, 0.3) is 0 Å². The van der Waals surface area contributed by atoms with Crippen LogP contribution in [0.5, 0.6) is 0 Å². The highest BCUT2D eigenvalue weighted by Crippen LogP contribution is 2.33. The summed E-state index contributed by atoms with van der Waals surface area (Å²) >= 11 is 0. The number of aliphatic carboxylic acids is 1. The van der Waals surface area contributed by atoms with Gasteiger partial charge in [-0.05, 0) is 35.1 Å². The number of esters is 1. The Balaban J connectivity index is 1.89. The fraction of sp³-hybridized carbons (Fsp3) is 0.261. The summed E-state index contributed by atoms with van der Waals surface area (Å²) in [7, 11) is 0. The summed E-state index contributed by atoms with van der Waals surface area (Å²) in [5.41, 5.74) is -0.713. The Morgan fingerprint density at radius 1 is 1.17 bits per heavy atom. The molecule has 1 aliphatic rings. The minimum absolute atomic E-state index is 0.0992. The minimum atomic E-state index is -2.26. The molecular weight excluding hydrogens is 386 g/mol. The third-order valence-corrected chi connectivity index (χ3v) is 4.95. The van der Waals surface area contributed by atoms with Crippen LogP contribution in [0, 0.1) is 11.8 Å². The average Bonchev–Trinajstić information content (AvgIpc) is 3.07. The van der Waals surface area contributed by atoms with Gasteiger partial charge in [-0.25, -0.2) is 9.59 Å². The maximum absolute atomic E-state index is 13.0. The Kier molecular flexibility index (Phi) is 5.63. The van der Waals surface area contributed by atoms with Crippen molar-refractivity contribution >= 4 is 23.5 Å². The van der Waals surface area contributed by atoms with Crippen molar-refractivity contribution in [3.05, 3.63) is 65.2 Å². The molecule has 1 aliphatic heterocycles. The molecule has 2 aromatic rings. The molecule has 3 rings (SSSR count). The van der Waals surface area contributed by atoms with Crippen molar-refractivity contribution in [2.75, 3.05) is 5.32 Å². The molecule has 1 atom stereocenters. The quantitative estimate of drug-likeness (QED) is 0.518. The lowest BCUT2D eigenvalue weighted by molar-refractivity contribution is -0.130. The maximum Gasteiger partial charge on any atom is 0.382 e. The second-order valence-electron chi connectivity index (χ2n) is 7.74. The van der Waals surface area contributed by atoms with Gasteiger partial charge in [0.1, 0.15) is 6.61 Å². The number of ether oxygens (including phenoxy) is 1. The molecule has 3 N–H and O–H groups in total. The maximum atomic E-state index is 13.0. The van der Waals surface area contributed by atoms with Gasteiger partial charge >= 0.3 is 11.9 Å². The largest absolute Gasteiger partial charge is 0.472 e. The first kappa shape index (κ1) is 21.1. The van der Waals surface area contributed by atoms with Gasteiger partial charge in [-0.3, -0.25) is 4.79 Å². The van der Waals surface area contributed by atoms with E-state index in [1.807, 2.05) is 50.1 Å². The molecule has 0 aliphatic carbocycles. The first-order chi connectivity index (χ1) is 14.1. The van der Waals surface area contributed by atoms with Gasteiger partial charge in [-0.15, -0.1) is 0 Å². The SMILES string of the molecule is CC(C)(CC(O)(C#CC(=O)O)C(=O)Nc1ccc2c(c1)COC2=O)c1ccccc1. The highest BCUT2D eigenvalue weighted by molar-refractivity contribution is 6.02. The summed E-state index contributed by atoms with van der Waals surface area (Å²) in [6.07, 6.45) is -0.136. The van der Waals surface area contributed by atoms with Crippen LogP contribution in [0.1, 0.15) is 41.8 Å². The van der Waals surface area contributed by atoms with Crippen LogP contribution in [-0.4, -0.2) is 33.7 Å². The van der Waals surface area contributed by atoms with Gasteiger partial charge in [0.15, 0.2) is 0 Å². The fourth-order valence-corrected chi connectivity index (χ4v) is 3.41. The zero-order chi connectivity index (χ0) is 21.9. The summed E-state index contributed by atoms with van der Waals surface area (Å²) < 4.78 is 4.94. The van der Waals surface area contributed by atoms with E-state index in [4.69, 9.17) is 9.84 Å². The summed E-state index contributed by atoms with van der Waals surface area (Å²) in [4.78, 5) is 35.5. The molecule has 30 heavy (non-hydrogen) atoms. The fourth-order valence-electron chi connectivity index (χ4n) is 3.41. The molecule has 0 radical (unpaired) electrons. The standard InChI is InChI=1S/C23H21NO6/c1-22(2,16-6-4-3-5-7-16)14-23(29,11-10-19(25)26)21(28)24-17-8-9-18-15(12-17)13-30-20(18)27/h3-9,12,29H,13-14H2,1-2H3,(H,24,28)(H,25,26). The number of cyclic esters (lactones) is 1. The van der Waals surface area contributed by atoms with E-state index in [2.05, 4.69) is 11.2 Å². The molecule has 2 aromatic carbocycles. The Morgan fingerprint density at radius 2 is 1.87 bits per heavy atom. The van der Waals surface area contributed by atoms with Crippen LogP contribution in [0.3, 0.4) is 0 Å². The third kappa shape index (κ3) is 4.50. The lowest BCUT2D eigenvalue weighted by atomic mass is 9.75. The first-order valence-corrected chi connectivity index (χ1v) is 9.26. The van der Waals surface area contributed by atoms with Crippen LogP contribution in [0.4, 0.5) is 5.69 Å². The number of carbonyl (C=O) groups is 3. The molecule has 1 unspecified atom stereocenters. The molecule has 7 heteroatoms. The van der Waals surface area contributed by atoms with E-state index in [1.165, 1.54) is 12.1 Å². The van der Waals surface area contributed by atoms with E-state index in [9.17, 15) is 19.5 Å². The Morgan fingerprint density at radius 3 is 2.53 bits per heavy atom. The number of rotatable bonds is 5. The van der Waals surface area contributed by atoms with E-state index in [1.54, 1.807) is 6.07 Å². The van der Waals surface area contributed by atoms with Gasteiger partial charge in [-0.2, -0.15) is 0 Å². The molecule has 1 amide bonds. The Bertz CT molecular complexity index is 1060. The first-order valence-electron chi connectivity index (χ1n) is 9.26. The molecule has 1 heterocycles. The van der Waals surface area contributed by atoms with Gasteiger partial charge < -0.3 is 20.3 Å². The zero-order valence-corrected chi connectivity index (χ0v) is 16.6. The molecule has 7 nitrogen and oxygen atoms in total. The van der Waals surface area contributed by atoms with Crippen molar-refractivity contribution in [2.24, 2.45) is 0 Å². The van der Waals surface area contributed by atoms with Crippen molar-refractivity contribution in [3.63, 3.8) is 0 Å². The molecule has 154 valence electrons. The van der Waals surface area contributed by atoms with Crippen molar-refractivity contribution in [2.45, 2.75) is 37.9 Å². The Labute approximate surface area is 173 Å². The van der Waals surface area contributed by atoms with Gasteiger partial charge in [-0.1, -0.05) is 44.2 Å². The van der Waals surface area contributed by atoms with Gasteiger partial charge in [0.05, 0.1) is 5.56 Å². The van der Waals surface area contributed by atoms with Crippen LogP contribution in [0.2, 0.25) is 0 Å². The molecule has 0 fully saturated rings. The lowest BCUT2D eigenvalue weighted by Gasteiger charge is -2.32. The molecule has 0 spiro atoms. The monoisotopic (exact) mass is 407 g/mol. The van der Waals surface area contributed by atoms with Crippen molar-refractivity contribution in [1.29, 1.82) is 0 Å². The van der Waals surface area contributed by atoms with Crippen LogP contribution in [-0.2, 0) is 26.3 Å². The molecule has 0 bridgehead atoms.